The van der Waals surface area contributed by atoms with E-state index in [1.807, 2.05) is 20.8 Å². The minimum atomic E-state index is -0.784. The second kappa shape index (κ2) is 5.98. The van der Waals surface area contributed by atoms with Gasteiger partial charge in [-0.3, -0.25) is 4.79 Å². The van der Waals surface area contributed by atoms with E-state index in [4.69, 9.17) is 4.74 Å². The highest BCUT2D eigenvalue weighted by molar-refractivity contribution is 5.69. The number of rotatable bonds is 6. The van der Waals surface area contributed by atoms with Crippen molar-refractivity contribution in [3.05, 3.63) is 0 Å². The summed E-state index contributed by atoms with van der Waals surface area (Å²) in [7, 11) is 1.30. The van der Waals surface area contributed by atoms with Crippen molar-refractivity contribution < 1.29 is 19.4 Å². The van der Waals surface area contributed by atoms with E-state index in [9.17, 15) is 9.90 Å². The van der Waals surface area contributed by atoms with E-state index in [1.54, 1.807) is 0 Å². The van der Waals surface area contributed by atoms with Crippen LogP contribution in [0.5, 0.6) is 0 Å². The Labute approximate surface area is 85.2 Å². The number of aliphatic hydroxyl groups is 1. The summed E-state index contributed by atoms with van der Waals surface area (Å²) in [5.74, 6) is -0.421. The summed E-state index contributed by atoms with van der Waals surface area (Å²) in [6, 6.07) is 0. The quantitative estimate of drug-likeness (QED) is 0.659. The van der Waals surface area contributed by atoms with Crippen molar-refractivity contribution in [3.63, 3.8) is 0 Å². The van der Waals surface area contributed by atoms with Crippen LogP contribution in [0.1, 0.15) is 33.6 Å². The molecule has 0 fully saturated rings. The molecule has 1 atom stereocenters. The number of aliphatic hydroxyl groups excluding tert-OH is 1. The number of hydrogen-bond donors (Lipinski definition) is 1. The zero-order chi connectivity index (χ0) is 11.2. The van der Waals surface area contributed by atoms with Gasteiger partial charge in [-0.25, -0.2) is 0 Å². The molecule has 4 nitrogen and oxygen atoms in total. The van der Waals surface area contributed by atoms with Crippen LogP contribution in [-0.2, 0) is 14.3 Å². The maximum absolute atomic E-state index is 10.8. The minimum Gasteiger partial charge on any atom is -0.469 e. The van der Waals surface area contributed by atoms with Crippen molar-refractivity contribution in [2.75, 3.05) is 13.7 Å². The summed E-state index contributed by atoms with van der Waals surface area (Å²) >= 11 is 0. The Bertz CT molecular complexity index is 177. The van der Waals surface area contributed by atoms with Gasteiger partial charge >= 0.3 is 5.97 Å². The Balaban J connectivity index is 3.74. The lowest BCUT2D eigenvalue weighted by Gasteiger charge is -2.24. The Morgan fingerprint density at radius 2 is 2.07 bits per heavy atom. The van der Waals surface area contributed by atoms with Crippen molar-refractivity contribution in [1.82, 2.24) is 0 Å². The van der Waals surface area contributed by atoms with Gasteiger partial charge in [-0.05, 0) is 20.3 Å². The van der Waals surface area contributed by atoms with E-state index in [2.05, 4.69) is 4.74 Å². The highest BCUT2D eigenvalue weighted by atomic mass is 16.5. The summed E-state index contributed by atoms with van der Waals surface area (Å²) in [5, 5.41) is 9.38. The van der Waals surface area contributed by atoms with Gasteiger partial charge in [-0.2, -0.15) is 0 Å². The number of carbonyl (C=O) groups excluding carboxylic acids is 1. The third kappa shape index (κ3) is 5.94. The normalized spacial score (nSPS) is 13.8. The first-order valence-corrected chi connectivity index (χ1v) is 4.80. The van der Waals surface area contributed by atoms with Gasteiger partial charge in [0.05, 0.1) is 31.8 Å². The number of carbonyl (C=O) groups is 1. The van der Waals surface area contributed by atoms with E-state index < -0.39 is 12.1 Å². The predicted molar refractivity (Wildman–Crippen MR) is 53.0 cm³/mol. The van der Waals surface area contributed by atoms with Gasteiger partial charge in [-0.1, -0.05) is 6.92 Å². The van der Waals surface area contributed by atoms with Crippen LogP contribution < -0.4 is 0 Å². The molecular formula is C10H20O4. The van der Waals surface area contributed by atoms with E-state index in [0.29, 0.717) is 0 Å². The summed E-state index contributed by atoms with van der Waals surface area (Å²) in [5.41, 5.74) is -0.253. The summed E-state index contributed by atoms with van der Waals surface area (Å²) in [6.07, 6.45) is 0.0575. The molecule has 0 aromatic carbocycles. The van der Waals surface area contributed by atoms with Crippen LogP contribution in [0.15, 0.2) is 0 Å². The van der Waals surface area contributed by atoms with Crippen LogP contribution >= 0.6 is 0 Å². The van der Waals surface area contributed by atoms with Gasteiger partial charge in [-0.15, -0.1) is 0 Å². The molecule has 0 radical (unpaired) electrons. The van der Waals surface area contributed by atoms with Crippen LogP contribution in [-0.4, -0.2) is 36.5 Å². The number of hydrogen-bond acceptors (Lipinski definition) is 4. The molecule has 0 aliphatic rings. The molecule has 0 saturated heterocycles. The average Bonchev–Trinajstić information content (AvgIpc) is 2.15. The van der Waals surface area contributed by atoms with Crippen molar-refractivity contribution in [3.8, 4) is 0 Å². The van der Waals surface area contributed by atoms with Crippen LogP contribution in [0.3, 0.4) is 0 Å². The third-order valence-corrected chi connectivity index (χ3v) is 2.15. The molecule has 84 valence electrons. The number of ether oxygens (including phenoxy) is 2. The molecule has 0 heterocycles. The zero-order valence-electron chi connectivity index (χ0n) is 9.37. The molecule has 0 aromatic rings. The van der Waals surface area contributed by atoms with Gasteiger partial charge in [0, 0.05) is 0 Å². The topological polar surface area (TPSA) is 55.8 Å². The maximum atomic E-state index is 10.8. The molecule has 14 heavy (non-hydrogen) atoms. The maximum Gasteiger partial charge on any atom is 0.308 e. The van der Waals surface area contributed by atoms with Crippen molar-refractivity contribution in [2.45, 2.75) is 45.3 Å². The Hall–Kier alpha value is -0.610. The van der Waals surface area contributed by atoms with Crippen LogP contribution in [0.25, 0.3) is 0 Å². The fourth-order valence-corrected chi connectivity index (χ4v) is 0.758. The first-order valence-electron chi connectivity index (χ1n) is 4.80. The molecule has 1 N–H and O–H groups in total. The molecule has 4 heteroatoms. The van der Waals surface area contributed by atoms with E-state index >= 15 is 0 Å². The summed E-state index contributed by atoms with van der Waals surface area (Å²) in [4.78, 5) is 10.8. The largest absolute Gasteiger partial charge is 0.469 e. The van der Waals surface area contributed by atoms with Crippen LogP contribution in [0.4, 0.5) is 0 Å². The van der Waals surface area contributed by atoms with Crippen LogP contribution in [0, 0.1) is 0 Å². The first-order chi connectivity index (χ1) is 6.41. The van der Waals surface area contributed by atoms with Gasteiger partial charge in [0.25, 0.3) is 0 Å². The smallest absolute Gasteiger partial charge is 0.308 e. The molecule has 0 bridgehead atoms. The Morgan fingerprint density at radius 1 is 1.50 bits per heavy atom. The molecule has 0 aliphatic heterocycles. The van der Waals surface area contributed by atoms with Gasteiger partial charge in [0.2, 0.25) is 0 Å². The molecule has 1 unspecified atom stereocenters. The summed E-state index contributed by atoms with van der Waals surface area (Å²) < 4.78 is 9.85. The zero-order valence-corrected chi connectivity index (χ0v) is 9.37. The predicted octanol–water partition coefficient (Wildman–Crippen LogP) is 1.12. The SMILES string of the molecule is CCC(C)(C)OCC(O)CC(=O)OC. The van der Waals surface area contributed by atoms with E-state index in [1.165, 1.54) is 7.11 Å². The molecule has 0 spiro atoms. The van der Waals surface area contributed by atoms with E-state index in [0.717, 1.165) is 6.42 Å². The lowest BCUT2D eigenvalue weighted by Crippen LogP contribution is -2.29. The first kappa shape index (κ1) is 13.4. The van der Waals surface area contributed by atoms with Crippen molar-refractivity contribution in [2.24, 2.45) is 0 Å². The highest BCUT2D eigenvalue weighted by Gasteiger charge is 2.18. The van der Waals surface area contributed by atoms with Gasteiger partial charge in [0.15, 0.2) is 0 Å². The molecule has 0 saturated carbocycles. The average molecular weight is 204 g/mol. The molecular weight excluding hydrogens is 184 g/mol. The highest BCUT2D eigenvalue weighted by Crippen LogP contribution is 2.14. The lowest BCUT2D eigenvalue weighted by atomic mass is 10.1. The Morgan fingerprint density at radius 3 is 2.50 bits per heavy atom. The van der Waals surface area contributed by atoms with Crippen LogP contribution in [0.2, 0.25) is 0 Å². The van der Waals surface area contributed by atoms with Crippen molar-refractivity contribution in [1.29, 1.82) is 0 Å². The minimum absolute atomic E-state index is 0.0176. The molecule has 0 rings (SSSR count). The fourth-order valence-electron chi connectivity index (χ4n) is 0.758. The molecule has 0 aromatic heterocycles. The standard InChI is InChI=1S/C10H20O4/c1-5-10(2,3)14-7-8(11)6-9(12)13-4/h8,11H,5-7H2,1-4H3. The Kier molecular flexibility index (Phi) is 5.72. The van der Waals surface area contributed by atoms with Gasteiger partial charge < -0.3 is 14.6 Å². The summed E-state index contributed by atoms with van der Waals surface area (Å²) in [6.45, 7) is 6.05. The lowest BCUT2D eigenvalue weighted by molar-refractivity contribution is -0.145. The second-order valence-electron chi connectivity index (χ2n) is 3.86. The molecule has 0 aliphatic carbocycles. The number of methoxy groups -OCH3 is 1. The number of esters is 1. The fraction of sp³-hybridized carbons (Fsp3) is 0.900. The molecule has 0 amide bonds. The van der Waals surface area contributed by atoms with Gasteiger partial charge in [0.1, 0.15) is 0 Å². The monoisotopic (exact) mass is 204 g/mol. The second-order valence-corrected chi connectivity index (χ2v) is 3.86. The van der Waals surface area contributed by atoms with Crippen molar-refractivity contribution >= 4 is 5.97 Å². The van der Waals surface area contributed by atoms with E-state index in [-0.39, 0.29) is 18.6 Å². The third-order valence-electron chi connectivity index (χ3n) is 2.15.